The molecule has 2 heterocycles. The van der Waals surface area contributed by atoms with Crippen molar-refractivity contribution in [3.8, 4) is 5.69 Å². The molecule has 1 aliphatic rings. The van der Waals surface area contributed by atoms with Crippen LogP contribution in [0, 0.1) is 12.7 Å². The second-order valence-corrected chi connectivity index (χ2v) is 6.06. The quantitative estimate of drug-likeness (QED) is 0.604. The Morgan fingerprint density at radius 3 is 2.74 bits per heavy atom. The molecule has 4 heteroatoms. The van der Waals surface area contributed by atoms with Crippen molar-refractivity contribution < 1.29 is 4.39 Å². The number of hydrogen-bond acceptors (Lipinski definition) is 1. The molecule has 0 fully saturated rings. The van der Waals surface area contributed by atoms with Gasteiger partial charge in [0.25, 0.3) is 0 Å². The zero-order valence-electron chi connectivity index (χ0n) is 12.6. The summed E-state index contributed by atoms with van der Waals surface area (Å²) < 4.78 is 16.4. The summed E-state index contributed by atoms with van der Waals surface area (Å²) in [6, 6.07) is 14.4. The molecule has 3 aromatic rings. The maximum Gasteiger partial charge on any atom is 0.132 e. The van der Waals surface area contributed by atoms with E-state index in [1.807, 2.05) is 30.5 Å². The highest BCUT2D eigenvalue weighted by atomic mass is 35.5. The van der Waals surface area contributed by atoms with Gasteiger partial charge in [0, 0.05) is 28.0 Å². The molecule has 0 bridgehead atoms. The largest absolute Gasteiger partial charge is 0.318 e. The van der Waals surface area contributed by atoms with Gasteiger partial charge in [-0.1, -0.05) is 23.7 Å². The van der Waals surface area contributed by atoms with Gasteiger partial charge >= 0.3 is 0 Å². The Balaban J connectivity index is 2.02. The minimum absolute atomic E-state index is 0.277. The molecule has 0 amide bonds. The van der Waals surface area contributed by atoms with E-state index in [4.69, 9.17) is 16.6 Å². The van der Waals surface area contributed by atoms with Gasteiger partial charge in [0.2, 0.25) is 0 Å². The molecule has 114 valence electrons. The van der Waals surface area contributed by atoms with Crippen LogP contribution in [0.4, 0.5) is 4.39 Å². The molecule has 0 N–H and O–H groups in total. The molecule has 0 radical (unpaired) electrons. The van der Waals surface area contributed by atoms with Crippen LogP contribution in [0.5, 0.6) is 0 Å². The van der Waals surface area contributed by atoms with Crippen molar-refractivity contribution >= 4 is 17.3 Å². The maximum absolute atomic E-state index is 14.3. The van der Waals surface area contributed by atoms with E-state index in [1.54, 1.807) is 12.1 Å². The Hall–Kier alpha value is -2.39. The van der Waals surface area contributed by atoms with E-state index in [0.717, 1.165) is 16.9 Å². The molecule has 4 rings (SSSR count). The summed E-state index contributed by atoms with van der Waals surface area (Å²) in [4.78, 5) is 4.71. The van der Waals surface area contributed by atoms with Crippen LogP contribution >= 0.6 is 11.6 Å². The summed E-state index contributed by atoms with van der Waals surface area (Å²) in [7, 11) is 0. The predicted octanol–water partition coefficient (Wildman–Crippen LogP) is 4.93. The third-order valence-electron chi connectivity index (χ3n) is 4.21. The van der Waals surface area contributed by atoms with Crippen molar-refractivity contribution in [2.24, 2.45) is 4.99 Å². The Morgan fingerprint density at radius 1 is 1.09 bits per heavy atom. The molecule has 0 atom stereocenters. The van der Waals surface area contributed by atoms with E-state index >= 15 is 0 Å². The van der Waals surface area contributed by atoms with Crippen LogP contribution in [0.1, 0.15) is 22.4 Å². The van der Waals surface area contributed by atoms with Gasteiger partial charge in [-0.3, -0.25) is 4.99 Å². The van der Waals surface area contributed by atoms with Crippen molar-refractivity contribution in [3.63, 3.8) is 0 Å². The van der Waals surface area contributed by atoms with Crippen molar-refractivity contribution in [3.05, 3.63) is 88.0 Å². The molecule has 2 aromatic carbocycles. The number of rotatable bonds is 1. The van der Waals surface area contributed by atoms with E-state index in [-0.39, 0.29) is 5.82 Å². The lowest BCUT2D eigenvalue weighted by molar-refractivity contribution is 0.625. The maximum atomic E-state index is 14.3. The molecule has 0 saturated heterocycles. The Morgan fingerprint density at radius 2 is 1.91 bits per heavy atom. The van der Waals surface area contributed by atoms with Gasteiger partial charge in [0.1, 0.15) is 5.82 Å². The van der Waals surface area contributed by atoms with Crippen LogP contribution in [0.3, 0.4) is 0 Å². The van der Waals surface area contributed by atoms with Crippen molar-refractivity contribution in [2.45, 2.75) is 13.5 Å². The van der Waals surface area contributed by atoms with Gasteiger partial charge in [0.15, 0.2) is 0 Å². The molecule has 1 aliphatic heterocycles. The first kappa shape index (κ1) is 14.2. The lowest BCUT2D eigenvalue weighted by Gasteiger charge is -2.13. The Kier molecular flexibility index (Phi) is 3.31. The Labute approximate surface area is 138 Å². The second kappa shape index (κ2) is 5.36. The number of benzene rings is 2. The SMILES string of the molecule is Cc1ccn2c1CN=C(c1ccccc1F)c1cc(Cl)ccc1-2. The first-order valence-corrected chi connectivity index (χ1v) is 7.79. The number of aromatic nitrogens is 1. The van der Waals surface area contributed by atoms with Crippen molar-refractivity contribution in [2.75, 3.05) is 0 Å². The molecule has 0 unspecified atom stereocenters. The zero-order chi connectivity index (χ0) is 16.0. The molecule has 23 heavy (non-hydrogen) atoms. The van der Waals surface area contributed by atoms with E-state index in [0.29, 0.717) is 22.8 Å². The first-order chi connectivity index (χ1) is 11.1. The number of nitrogens with zero attached hydrogens (tertiary/aromatic N) is 2. The molecule has 0 aliphatic carbocycles. The summed E-state index contributed by atoms with van der Waals surface area (Å²) in [5.41, 5.74) is 5.24. The van der Waals surface area contributed by atoms with E-state index in [2.05, 4.69) is 17.6 Å². The summed E-state index contributed by atoms with van der Waals surface area (Å²) >= 11 is 6.20. The fourth-order valence-corrected chi connectivity index (χ4v) is 3.19. The summed E-state index contributed by atoms with van der Waals surface area (Å²) in [6.07, 6.45) is 2.03. The van der Waals surface area contributed by atoms with Gasteiger partial charge in [-0.05, 0) is 48.9 Å². The normalized spacial score (nSPS) is 13.1. The highest BCUT2D eigenvalue weighted by Crippen LogP contribution is 2.29. The minimum atomic E-state index is -0.277. The van der Waals surface area contributed by atoms with Crippen LogP contribution in [0.15, 0.2) is 59.7 Å². The smallest absolute Gasteiger partial charge is 0.132 e. The predicted molar refractivity (Wildman–Crippen MR) is 91.3 cm³/mol. The van der Waals surface area contributed by atoms with Gasteiger partial charge in [0.05, 0.1) is 17.9 Å². The van der Waals surface area contributed by atoms with E-state index in [1.165, 1.54) is 11.6 Å². The van der Waals surface area contributed by atoms with Crippen LogP contribution in [-0.2, 0) is 6.54 Å². The lowest BCUT2D eigenvalue weighted by atomic mass is 10.00. The molecule has 2 nitrogen and oxygen atoms in total. The molecule has 0 saturated carbocycles. The number of aliphatic imine (C=N–C) groups is 1. The number of hydrogen-bond donors (Lipinski definition) is 0. The van der Waals surface area contributed by atoms with Gasteiger partial charge in [-0.2, -0.15) is 0 Å². The fraction of sp³-hybridized carbons (Fsp3) is 0.105. The molecule has 0 spiro atoms. The molecular formula is C19H14ClFN2. The van der Waals surface area contributed by atoms with Crippen molar-refractivity contribution in [1.29, 1.82) is 0 Å². The highest BCUT2D eigenvalue weighted by molar-refractivity contribution is 6.31. The van der Waals surface area contributed by atoms with Crippen LogP contribution in [0.2, 0.25) is 5.02 Å². The fourth-order valence-electron chi connectivity index (χ4n) is 3.02. The van der Waals surface area contributed by atoms with Gasteiger partial charge in [-0.15, -0.1) is 0 Å². The summed E-state index contributed by atoms with van der Waals surface area (Å²) in [5, 5.41) is 0.611. The monoisotopic (exact) mass is 324 g/mol. The van der Waals surface area contributed by atoms with Crippen LogP contribution in [0.25, 0.3) is 5.69 Å². The Bertz CT molecular complexity index is 940. The second-order valence-electron chi connectivity index (χ2n) is 5.62. The third-order valence-corrected chi connectivity index (χ3v) is 4.44. The van der Waals surface area contributed by atoms with Gasteiger partial charge in [-0.25, -0.2) is 4.39 Å². The van der Waals surface area contributed by atoms with Crippen LogP contribution < -0.4 is 0 Å². The van der Waals surface area contributed by atoms with Gasteiger partial charge < -0.3 is 4.57 Å². The molecule has 1 aromatic heterocycles. The number of fused-ring (bicyclic) bond motifs is 3. The van der Waals surface area contributed by atoms with Crippen LogP contribution in [-0.4, -0.2) is 10.3 Å². The first-order valence-electron chi connectivity index (χ1n) is 7.41. The number of aryl methyl sites for hydroxylation is 1. The lowest BCUT2D eigenvalue weighted by Crippen LogP contribution is -2.08. The average molecular weight is 325 g/mol. The summed E-state index contributed by atoms with van der Waals surface area (Å²) in [5.74, 6) is -0.277. The minimum Gasteiger partial charge on any atom is -0.318 e. The summed E-state index contributed by atoms with van der Waals surface area (Å²) in [6.45, 7) is 2.57. The van der Waals surface area contributed by atoms with Crippen molar-refractivity contribution in [1.82, 2.24) is 4.57 Å². The van der Waals surface area contributed by atoms with E-state index in [9.17, 15) is 4.39 Å². The van der Waals surface area contributed by atoms with E-state index < -0.39 is 0 Å². The third kappa shape index (κ3) is 2.28. The zero-order valence-corrected chi connectivity index (χ0v) is 13.3. The highest BCUT2D eigenvalue weighted by Gasteiger charge is 2.21. The average Bonchev–Trinajstić information content (AvgIpc) is 2.82. The molecular weight excluding hydrogens is 311 g/mol. The standard InChI is InChI=1S/C19H14ClFN2/c1-12-8-9-23-17-7-6-13(20)10-15(17)19(22-11-18(12)23)14-4-2-3-5-16(14)21/h2-10H,11H2,1H3. The number of halogens is 2. The topological polar surface area (TPSA) is 17.3 Å².